The summed E-state index contributed by atoms with van der Waals surface area (Å²) in [6.45, 7) is 3.88. The molecule has 0 amide bonds. The lowest BCUT2D eigenvalue weighted by Crippen LogP contribution is -2.32. The van der Waals surface area contributed by atoms with Crippen LogP contribution in [0.2, 0.25) is 0 Å². The summed E-state index contributed by atoms with van der Waals surface area (Å²) in [7, 11) is 0. The minimum Gasteiger partial charge on any atom is -0.391 e. The van der Waals surface area contributed by atoms with Gasteiger partial charge >= 0.3 is 0 Å². The third kappa shape index (κ3) is 2.50. The van der Waals surface area contributed by atoms with Gasteiger partial charge in [-0.2, -0.15) is 5.10 Å². The van der Waals surface area contributed by atoms with Crippen molar-refractivity contribution < 1.29 is 5.11 Å². The maximum atomic E-state index is 9.37. The SMILES string of the molecule is CC(C)=NNC1CCCC1O. The second kappa shape index (κ2) is 3.72. The van der Waals surface area contributed by atoms with Crippen molar-refractivity contribution in [1.82, 2.24) is 5.43 Å². The Morgan fingerprint density at radius 1 is 1.45 bits per heavy atom. The van der Waals surface area contributed by atoms with Crippen molar-refractivity contribution in [2.75, 3.05) is 0 Å². The molecule has 0 spiro atoms. The highest BCUT2D eigenvalue weighted by Gasteiger charge is 2.24. The van der Waals surface area contributed by atoms with Gasteiger partial charge in [0.05, 0.1) is 12.1 Å². The molecule has 0 aromatic carbocycles. The molecule has 11 heavy (non-hydrogen) atoms. The Bertz CT molecular complexity index is 152. The number of rotatable bonds is 2. The average Bonchev–Trinajstić information content (AvgIpc) is 2.31. The summed E-state index contributed by atoms with van der Waals surface area (Å²) in [6.07, 6.45) is 2.86. The molecule has 3 nitrogen and oxygen atoms in total. The highest BCUT2D eigenvalue weighted by Crippen LogP contribution is 2.18. The van der Waals surface area contributed by atoms with E-state index in [1.165, 1.54) is 0 Å². The van der Waals surface area contributed by atoms with E-state index >= 15 is 0 Å². The van der Waals surface area contributed by atoms with E-state index in [1.54, 1.807) is 0 Å². The van der Waals surface area contributed by atoms with Gasteiger partial charge in [-0.1, -0.05) is 0 Å². The number of hydrogen-bond acceptors (Lipinski definition) is 3. The highest BCUT2D eigenvalue weighted by atomic mass is 16.3. The van der Waals surface area contributed by atoms with Crippen molar-refractivity contribution >= 4 is 5.71 Å². The Morgan fingerprint density at radius 2 is 2.18 bits per heavy atom. The van der Waals surface area contributed by atoms with Crippen LogP contribution in [0.15, 0.2) is 5.10 Å². The Kier molecular flexibility index (Phi) is 2.88. The van der Waals surface area contributed by atoms with Gasteiger partial charge in [0.15, 0.2) is 0 Å². The molecule has 1 aliphatic rings. The van der Waals surface area contributed by atoms with E-state index in [1.807, 2.05) is 13.8 Å². The monoisotopic (exact) mass is 156 g/mol. The van der Waals surface area contributed by atoms with Gasteiger partial charge < -0.3 is 10.5 Å². The van der Waals surface area contributed by atoms with E-state index in [4.69, 9.17) is 0 Å². The standard InChI is InChI=1S/C8H16N2O/c1-6(2)9-10-7-4-3-5-8(7)11/h7-8,10-11H,3-5H2,1-2H3. The molecule has 0 aliphatic heterocycles. The van der Waals surface area contributed by atoms with Gasteiger partial charge in [0.2, 0.25) is 0 Å². The summed E-state index contributed by atoms with van der Waals surface area (Å²) in [4.78, 5) is 0. The van der Waals surface area contributed by atoms with Crippen molar-refractivity contribution in [1.29, 1.82) is 0 Å². The molecule has 0 radical (unpaired) electrons. The molecule has 64 valence electrons. The Hall–Kier alpha value is -0.570. The molecule has 3 heteroatoms. The first-order valence-electron chi connectivity index (χ1n) is 4.14. The largest absolute Gasteiger partial charge is 0.391 e. The summed E-state index contributed by atoms with van der Waals surface area (Å²) in [5.41, 5.74) is 3.97. The van der Waals surface area contributed by atoms with Crippen LogP contribution in [0.5, 0.6) is 0 Å². The molecular weight excluding hydrogens is 140 g/mol. The zero-order valence-corrected chi connectivity index (χ0v) is 7.17. The van der Waals surface area contributed by atoms with Crippen LogP contribution in [0.25, 0.3) is 0 Å². The molecule has 1 rings (SSSR count). The van der Waals surface area contributed by atoms with E-state index in [0.717, 1.165) is 25.0 Å². The fraction of sp³-hybridized carbons (Fsp3) is 0.875. The minimum atomic E-state index is -0.196. The maximum Gasteiger partial charge on any atom is 0.0757 e. The number of aliphatic hydroxyl groups is 1. The Morgan fingerprint density at radius 3 is 2.64 bits per heavy atom. The number of hydrogen-bond donors (Lipinski definition) is 2. The molecule has 2 atom stereocenters. The Balaban J connectivity index is 2.31. The van der Waals surface area contributed by atoms with Crippen LogP contribution in [0, 0.1) is 0 Å². The van der Waals surface area contributed by atoms with Crippen molar-refractivity contribution in [3.05, 3.63) is 0 Å². The van der Waals surface area contributed by atoms with E-state index in [2.05, 4.69) is 10.5 Å². The molecule has 0 aromatic rings. The number of hydrazone groups is 1. The lowest BCUT2D eigenvalue weighted by atomic mass is 10.2. The lowest BCUT2D eigenvalue weighted by molar-refractivity contribution is 0.150. The molecule has 0 heterocycles. The van der Waals surface area contributed by atoms with Crippen molar-refractivity contribution in [2.24, 2.45) is 5.10 Å². The third-order valence-corrected chi connectivity index (χ3v) is 1.93. The topological polar surface area (TPSA) is 44.6 Å². The second-order valence-corrected chi connectivity index (χ2v) is 3.29. The summed E-state index contributed by atoms with van der Waals surface area (Å²) in [6, 6.07) is 0.185. The van der Waals surface area contributed by atoms with Gasteiger partial charge in [0.1, 0.15) is 0 Å². The van der Waals surface area contributed by atoms with Crippen LogP contribution in [-0.2, 0) is 0 Å². The van der Waals surface area contributed by atoms with Crippen LogP contribution >= 0.6 is 0 Å². The van der Waals surface area contributed by atoms with Gasteiger partial charge in [0.25, 0.3) is 0 Å². The maximum absolute atomic E-state index is 9.37. The predicted molar refractivity (Wildman–Crippen MR) is 45.6 cm³/mol. The summed E-state index contributed by atoms with van der Waals surface area (Å²) in [5.74, 6) is 0. The van der Waals surface area contributed by atoms with E-state index in [9.17, 15) is 5.11 Å². The molecule has 0 saturated heterocycles. The predicted octanol–water partition coefficient (Wildman–Crippen LogP) is 0.885. The Labute approximate surface area is 67.5 Å². The van der Waals surface area contributed by atoms with Gasteiger partial charge in [-0.05, 0) is 33.1 Å². The summed E-state index contributed by atoms with van der Waals surface area (Å²) in [5, 5.41) is 13.4. The molecule has 0 bridgehead atoms. The number of nitrogens with zero attached hydrogens (tertiary/aromatic N) is 1. The van der Waals surface area contributed by atoms with Crippen molar-refractivity contribution in [3.63, 3.8) is 0 Å². The second-order valence-electron chi connectivity index (χ2n) is 3.29. The van der Waals surface area contributed by atoms with Gasteiger partial charge in [-0.25, -0.2) is 0 Å². The quantitative estimate of drug-likeness (QED) is 0.460. The first-order valence-corrected chi connectivity index (χ1v) is 4.14. The van der Waals surface area contributed by atoms with Crippen LogP contribution in [0.3, 0.4) is 0 Å². The van der Waals surface area contributed by atoms with E-state index < -0.39 is 0 Å². The van der Waals surface area contributed by atoms with E-state index in [0.29, 0.717) is 0 Å². The highest BCUT2D eigenvalue weighted by molar-refractivity contribution is 5.78. The zero-order chi connectivity index (χ0) is 8.27. The van der Waals surface area contributed by atoms with Gasteiger partial charge in [-0.15, -0.1) is 0 Å². The van der Waals surface area contributed by atoms with Crippen LogP contribution in [0.1, 0.15) is 33.1 Å². The number of aliphatic hydroxyl groups excluding tert-OH is 1. The van der Waals surface area contributed by atoms with Gasteiger partial charge in [-0.3, -0.25) is 0 Å². The molecule has 1 aliphatic carbocycles. The molecule has 1 saturated carbocycles. The molecular formula is C8H16N2O. The zero-order valence-electron chi connectivity index (χ0n) is 7.17. The van der Waals surface area contributed by atoms with Crippen LogP contribution in [0.4, 0.5) is 0 Å². The first kappa shape index (κ1) is 8.53. The molecule has 2 N–H and O–H groups in total. The van der Waals surface area contributed by atoms with E-state index in [-0.39, 0.29) is 12.1 Å². The van der Waals surface area contributed by atoms with Crippen molar-refractivity contribution in [2.45, 2.75) is 45.3 Å². The third-order valence-electron chi connectivity index (χ3n) is 1.93. The fourth-order valence-corrected chi connectivity index (χ4v) is 1.30. The number of nitrogens with one attached hydrogen (secondary N) is 1. The fourth-order valence-electron chi connectivity index (χ4n) is 1.30. The summed E-state index contributed by atoms with van der Waals surface area (Å²) >= 11 is 0. The van der Waals surface area contributed by atoms with Crippen LogP contribution in [-0.4, -0.2) is 23.0 Å². The summed E-state index contributed by atoms with van der Waals surface area (Å²) < 4.78 is 0. The average molecular weight is 156 g/mol. The molecule has 1 fully saturated rings. The molecule has 0 aromatic heterocycles. The van der Waals surface area contributed by atoms with Crippen LogP contribution < -0.4 is 5.43 Å². The molecule has 2 unspecified atom stereocenters. The first-order chi connectivity index (χ1) is 5.20. The van der Waals surface area contributed by atoms with Gasteiger partial charge in [0, 0.05) is 5.71 Å². The normalized spacial score (nSPS) is 30.1. The lowest BCUT2D eigenvalue weighted by Gasteiger charge is -2.13. The smallest absolute Gasteiger partial charge is 0.0757 e. The van der Waals surface area contributed by atoms with Crippen molar-refractivity contribution in [3.8, 4) is 0 Å². The minimum absolute atomic E-state index is 0.185.